The van der Waals surface area contributed by atoms with Crippen molar-refractivity contribution in [3.8, 4) is 0 Å². The number of fused-ring (bicyclic) bond motifs is 1. The van der Waals surface area contributed by atoms with Crippen molar-refractivity contribution in [1.29, 1.82) is 0 Å². The molecule has 3 heterocycles. The van der Waals surface area contributed by atoms with E-state index in [4.69, 9.17) is 9.47 Å². The molecule has 6 nitrogen and oxygen atoms in total. The van der Waals surface area contributed by atoms with Crippen LogP contribution in [0.5, 0.6) is 0 Å². The fourth-order valence-corrected chi connectivity index (χ4v) is 3.53. The second kappa shape index (κ2) is 8.05. The molecular weight excluding hydrogens is 306 g/mol. The molecule has 2 aliphatic heterocycles. The molecule has 0 radical (unpaired) electrons. The maximum atomic E-state index is 11.5. The Morgan fingerprint density at radius 1 is 1.33 bits per heavy atom. The molecular formula is C18H27N3O3. The summed E-state index contributed by atoms with van der Waals surface area (Å²) in [6.07, 6.45) is 7.30. The van der Waals surface area contributed by atoms with Gasteiger partial charge in [-0.25, -0.2) is 0 Å². The highest BCUT2D eigenvalue weighted by Gasteiger charge is 2.39. The number of amides is 1. The van der Waals surface area contributed by atoms with Gasteiger partial charge in [0.05, 0.1) is 18.8 Å². The molecule has 0 bridgehead atoms. The summed E-state index contributed by atoms with van der Waals surface area (Å²) in [5.74, 6) is -0.00641. The number of pyridine rings is 1. The summed E-state index contributed by atoms with van der Waals surface area (Å²) in [6, 6.07) is 4.66. The molecule has 2 saturated heterocycles. The quantitative estimate of drug-likeness (QED) is 0.786. The van der Waals surface area contributed by atoms with E-state index in [1.54, 1.807) is 19.0 Å². The van der Waals surface area contributed by atoms with Crippen molar-refractivity contribution in [1.82, 2.24) is 14.8 Å². The Morgan fingerprint density at radius 2 is 2.12 bits per heavy atom. The van der Waals surface area contributed by atoms with Gasteiger partial charge in [-0.15, -0.1) is 0 Å². The zero-order chi connectivity index (χ0) is 16.9. The van der Waals surface area contributed by atoms with Gasteiger partial charge in [-0.05, 0) is 37.0 Å². The first-order valence-electron chi connectivity index (χ1n) is 8.70. The average Bonchev–Trinajstić information content (AvgIpc) is 2.98. The van der Waals surface area contributed by atoms with Crippen molar-refractivity contribution in [3.63, 3.8) is 0 Å². The van der Waals surface area contributed by atoms with Crippen LogP contribution >= 0.6 is 0 Å². The van der Waals surface area contributed by atoms with Crippen LogP contribution in [0.3, 0.4) is 0 Å². The van der Waals surface area contributed by atoms with Crippen molar-refractivity contribution in [2.24, 2.45) is 0 Å². The number of carbonyl (C=O) groups is 1. The highest BCUT2D eigenvalue weighted by Crippen LogP contribution is 2.32. The Balaban J connectivity index is 1.44. The number of likely N-dealkylation sites (N-methyl/N-ethyl adjacent to an activating group) is 1. The lowest BCUT2D eigenvalue weighted by molar-refractivity contribution is -0.138. The van der Waals surface area contributed by atoms with Gasteiger partial charge in [0.15, 0.2) is 0 Å². The molecule has 0 saturated carbocycles. The molecule has 24 heavy (non-hydrogen) atoms. The van der Waals surface area contributed by atoms with Crippen LogP contribution in [0.1, 0.15) is 24.8 Å². The smallest absolute Gasteiger partial charge is 0.248 e. The van der Waals surface area contributed by atoms with E-state index in [-0.39, 0.29) is 18.6 Å². The topological polar surface area (TPSA) is 54.9 Å². The summed E-state index contributed by atoms with van der Waals surface area (Å²) in [6.45, 7) is 2.68. The largest absolute Gasteiger partial charge is 0.371 e. The van der Waals surface area contributed by atoms with Crippen molar-refractivity contribution in [3.05, 3.63) is 30.1 Å². The number of aromatic nitrogens is 1. The second-order valence-corrected chi connectivity index (χ2v) is 6.86. The Bertz CT molecular complexity index is 538. The molecule has 0 aromatic carbocycles. The van der Waals surface area contributed by atoms with Crippen molar-refractivity contribution < 1.29 is 14.3 Å². The normalized spacial score (nSPS) is 27.0. The Hall–Kier alpha value is -1.50. The van der Waals surface area contributed by atoms with Crippen LogP contribution in [-0.4, -0.2) is 72.8 Å². The molecule has 0 aliphatic carbocycles. The van der Waals surface area contributed by atoms with E-state index in [0.29, 0.717) is 18.8 Å². The minimum atomic E-state index is -0.00641. The van der Waals surface area contributed by atoms with Gasteiger partial charge in [0, 0.05) is 45.6 Å². The number of carbonyl (C=O) groups excluding carboxylic acids is 1. The Labute approximate surface area is 143 Å². The number of hydrogen-bond acceptors (Lipinski definition) is 5. The van der Waals surface area contributed by atoms with Gasteiger partial charge in [-0.3, -0.25) is 14.7 Å². The molecule has 6 heteroatoms. The average molecular weight is 333 g/mol. The van der Waals surface area contributed by atoms with Crippen LogP contribution in [-0.2, 0) is 20.8 Å². The number of ether oxygens (including phenoxy) is 2. The van der Waals surface area contributed by atoms with Crippen LogP contribution in [0.2, 0.25) is 0 Å². The molecule has 0 N–H and O–H groups in total. The van der Waals surface area contributed by atoms with E-state index in [2.05, 4.69) is 22.0 Å². The lowest BCUT2D eigenvalue weighted by Gasteiger charge is -2.36. The SMILES string of the molecule is CN(C)C(=O)COC[C@@H]1CC[C@H]2[C@H](CCN2Cc2ccncc2)O1. The van der Waals surface area contributed by atoms with Gasteiger partial charge >= 0.3 is 0 Å². The predicted octanol–water partition coefficient (Wildman–Crippen LogP) is 1.31. The third-order valence-electron chi connectivity index (χ3n) is 4.91. The first-order chi connectivity index (χ1) is 11.6. The van der Waals surface area contributed by atoms with E-state index in [1.807, 2.05) is 12.4 Å². The van der Waals surface area contributed by atoms with E-state index in [1.165, 1.54) is 5.56 Å². The first-order valence-corrected chi connectivity index (χ1v) is 8.70. The van der Waals surface area contributed by atoms with Gasteiger partial charge in [0.2, 0.25) is 5.91 Å². The maximum absolute atomic E-state index is 11.5. The van der Waals surface area contributed by atoms with E-state index < -0.39 is 0 Å². The lowest BCUT2D eigenvalue weighted by Crippen LogP contribution is -2.43. The van der Waals surface area contributed by atoms with Crippen molar-refractivity contribution in [2.45, 2.75) is 44.1 Å². The van der Waals surface area contributed by atoms with Gasteiger partial charge in [-0.1, -0.05) is 0 Å². The Morgan fingerprint density at radius 3 is 2.88 bits per heavy atom. The number of rotatable bonds is 6. The fraction of sp³-hybridized carbons (Fsp3) is 0.667. The molecule has 3 atom stereocenters. The van der Waals surface area contributed by atoms with Gasteiger partial charge in [0.25, 0.3) is 0 Å². The summed E-state index contributed by atoms with van der Waals surface area (Å²) >= 11 is 0. The zero-order valence-electron chi connectivity index (χ0n) is 14.6. The minimum absolute atomic E-state index is 0.00641. The van der Waals surface area contributed by atoms with Crippen LogP contribution in [0.25, 0.3) is 0 Å². The van der Waals surface area contributed by atoms with Crippen molar-refractivity contribution in [2.75, 3.05) is 33.9 Å². The van der Waals surface area contributed by atoms with Crippen molar-refractivity contribution >= 4 is 5.91 Å². The third-order valence-corrected chi connectivity index (χ3v) is 4.91. The maximum Gasteiger partial charge on any atom is 0.248 e. The second-order valence-electron chi connectivity index (χ2n) is 6.86. The summed E-state index contributed by atoms with van der Waals surface area (Å²) in [7, 11) is 3.48. The molecule has 0 spiro atoms. The monoisotopic (exact) mass is 333 g/mol. The summed E-state index contributed by atoms with van der Waals surface area (Å²) in [5.41, 5.74) is 1.30. The van der Waals surface area contributed by atoms with Crippen LogP contribution in [0.4, 0.5) is 0 Å². The molecule has 1 aromatic rings. The van der Waals surface area contributed by atoms with Gasteiger partial charge in [0.1, 0.15) is 6.61 Å². The predicted molar refractivity (Wildman–Crippen MR) is 90.5 cm³/mol. The summed E-state index contributed by atoms with van der Waals surface area (Å²) < 4.78 is 11.7. The van der Waals surface area contributed by atoms with Crippen LogP contribution in [0, 0.1) is 0 Å². The highest BCUT2D eigenvalue weighted by molar-refractivity contribution is 5.76. The molecule has 1 amide bonds. The first kappa shape index (κ1) is 17.3. The third kappa shape index (κ3) is 4.32. The van der Waals surface area contributed by atoms with Gasteiger partial charge in [-0.2, -0.15) is 0 Å². The van der Waals surface area contributed by atoms with Crippen LogP contribution in [0.15, 0.2) is 24.5 Å². The lowest BCUT2D eigenvalue weighted by atomic mass is 9.99. The molecule has 1 aromatic heterocycles. The summed E-state index contributed by atoms with van der Waals surface area (Å²) in [4.78, 5) is 19.7. The van der Waals surface area contributed by atoms with E-state index in [9.17, 15) is 4.79 Å². The highest BCUT2D eigenvalue weighted by atomic mass is 16.5. The number of likely N-dealkylation sites (tertiary alicyclic amines) is 1. The molecule has 2 aliphatic rings. The molecule has 3 rings (SSSR count). The minimum Gasteiger partial charge on any atom is -0.371 e. The zero-order valence-corrected chi connectivity index (χ0v) is 14.6. The standard InChI is InChI=1S/C18H27N3O3/c1-20(2)18(22)13-23-12-15-3-4-16-17(24-15)7-10-21(16)11-14-5-8-19-9-6-14/h5-6,8-9,15-17H,3-4,7,10-13H2,1-2H3/t15-,16-,17-/m0/s1. The summed E-state index contributed by atoms with van der Waals surface area (Å²) in [5, 5.41) is 0. The fourth-order valence-electron chi connectivity index (χ4n) is 3.53. The van der Waals surface area contributed by atoms with Crippen LogP contribution < -0.4 is 0 Å². The Kier molecular flexibility index (Phi) is 5.81. The number of hydrogen-bond donors (Lipinski definition) is 0. The number of nitrogens with zero attached hydrogens (tertiary/aromatic N) is 3. The molecule has 2 fully saturated rings. The molecule has 0 unspecified atom stereocenters. The molecule has 132 valence electrons. The van der Waals surface area contributed by atoms with E-state index in [0.717, 1.165) is 32.4 Å². The van der Waals surface area contributed by atoms with E-state index >= 15 is 0 Å². The van der Waals surface area contributed by atoms with Gasteiger partial charge < -0.3 is 14.4 Å².